The maximum atomic E-state index is 15.6. The molecular formula is C21H24F3N3O5. The first-order chi connectivity index (χ1) is 15.2. The fourth-order valence-corrected chi connectivity index (χ4v) is 4.94. The molecule has 1 aromatic heterocycles. The third-order valence-electron chi connectivity index (χ3n) is 6.92. The van der Waals surface area contributed by atoms with Crippen LogP contribution in [-0.4, -0.2) is 51.7 Å². The molecular weight excluding hydrogens is 431 g/mol. The van der Waals surface area contributed by atoms with Gasteiger partial charge in [-0.15, -0.1) is 0 Å². The lowest BCUT2D eigenvalue weighted by Crippen LogP contribution is -2.37. The molecule has 1 saturated heterocycles. The molecule has 0 amide bonds. The lowest BCUT2D eigenvalue weighted by molar-refractivity contribution is -0.0299. The Bertz CT molecular complexity index is 1200. The number of ether oxygens (including phenoxy) is 1. The first kappa shape index (κ1) is 21.3. The topological polar surface area (TPSA) is 108 Å². The summed E-state index contributed by atoms with van der Waals surface area (Å²) in [6.07, 6.45) is -1.70. The monoisotopic (exact) mass is 455 g/mol. The number of hydrogen-bond acceptors (Lipinski definition) is 6. The van der Waals surface area contributed by atoms with Crippen molar-refractivity contribution in [1.82, 2.24) is 9.55 Å². The SMILES string of the molecule is COc1c(N2CCC(C(O)C3(O)CC3)C2)c(F)c(C(F)F)c2c(=O)[nH]c(=O)n(C3CC3)c12. The number of methoxy groups -OCH3 is 1. The summed E-state index contributed by atoms with van der Waals surface area (Å²) in [4.78, 5) is 28.6. The van der Waals surface area contributed by atoms with Crippen LogP contribution in [0.15, 0.2) is 9.59 Å². The van der Waals surface area contributed by atoms with E-state index in [1.54, 1.807) is 0 Å². The van der Waals surface area contributed by atoms with Crippen LogP contribution in [0.4, 0.5) is 18.9 Å². The van der Waals surface area contributed by atoms with Crippen LogP contribution >= 0.6 is 0 Å². The maximum Gasteiger partial charge on any atom is 0.329 e. The van der Waals surface area contributed by atoms with E-state index in [1.807, 2.05) is 4.98 Å². The Hall–Kier alpha value is -2.53. The number of rotatable bonds is 6. The maximum absolute atomic E-state index is 15.6. The number of aromatic nitrogens is 2. The van der Waals surface area contributed by atoms with E-state index in [1.165, 1.54) is 16.6 Å². The number of aromatic amines is 1. The van der Waals surface area contributed by atoms with E-state index in [2.05, 4.69) is 0 Å². The Balaban J connectivity index is 1.73. The summed E-state index contributed by atoms with van der Waals surface area (Å²) in [5.74, 6) is -1.82. The molecule has 32 heavy (non-hydrogen) atoms. The average molecular weight is 455 g/mol. The highest BCUT2D eigenvalue weighted by molar-refractivity contribution is 5.94. The second-order valence-corrected chi connectivity index (χ2v) is 9.04. The molecule has 2 aliphatic carbocycles. The van der Waals surface area contributed by atoms with Crippen LogP contribution in [-0.2, 0) is 0 Å². The van der Waals surface area contributed by atoms with Gasteiger partial charge in [0.2, 0.25) is 0 Å². The van der Waals surface area contributed by atoms with Crippen LogP contribution in [0.2, 0.25) is 0 Å². The summed E-state index contributed by atoms with van der Waals surface area (Å²) in [7, 11) is 1.23. The number of aliphatic hydroxyl groups is 2. The summed E-state index contributed by atoms with van der Waals surface area (Å²) in [6.45, 7) is 0.345. The lowest BCUT2D eigenvalue weighted by atomic mass is 9.95. The molecule has 2 aromatic rings. The van der Waals surface area contributed by atoms with Crippen molar-refractivity contribution in [3.63, 3.8) is 0 Å². The summed E-state index contributed by atoms with van der Waals surface area (Å²) in [5, 5.41) is 20.2. The van der Waals surface area contributed by atoms with E-state index in [-0.39, 0.29) is 42.0 Å². The standard InChI is InChI=1S/C21H24F3N3O5/c1-32-16-14-12(19(29)25-20(30)27(14)10-2-3-10)11(18(23)24)13(22)15(16)26-7-4-9(8-26)17(28)21(31)5-6-21/h9-10,17-18,28,31H,2-8H2,1H3,(H,25,29,30). The normalized spacial score (nSPS) is 23.2. The van der Waals surface area contributed by atoms with Crippen LogP contribution < -0.4 is 20.9 Å². The number of aliphatic hydroxyl groups excluding tert-OH is 1. The molecule has 3 fully saturated rings. The van der Waals surface area contributed by atoms with Crippen LogP contribution in [0.25, 0.3) is 10.9 Å². The van der Waals surface area contributed by atoms with Gasteiger partial charge in [-0.1, -0.05) is 0 Å². The molecule has 0 radical (unpaired) electrons. The van der Waals surface area contributed by atoms with Crippen molar-refractivity contribution >= 4 is 16.6 Å². The number of halogens is 3. The zero-order valence-electron chi connectivity index (χ0n) is 17.4. The number of benzene rings is 1. The molecule has 174 valence electrons. The van der Waals surface area contributed by atoms with Crippen molar-refractivity contribution in [3.05, 3.63) is 32.2 Å². The Morgan fingerprint density at radius 1 is 1.22 bits per heavy atom. The largest absolute Gasteiger partial charge is 0.492 e. The van der Waals surface area contributed by atoms with Gasteiger partial charge in [0.05, 0.1) is 29.8 Å². The van der Waals surface area contributed by atoms with E-state index in [0.29, 0.717) is 32.1 Å². The number of H-pyrrole nitrogens is 1. The van der Waals surface area contributed by atoms with Crippen molar-refractivity contribution < 1.29 is 28.1 Å². The molecule has 0 bridgehead atoms. The van der Waals surface area contributed by atoms with E-state index in [9.17, 15) is 28.6 Å². The Morgan fingerprint density at radius 2 is 1.91 bits per heavy atom. The number of nitrogens with one attached hydrogen (secondary N) is 1. The minimum absolute atomic E-state index is 0.113. The van der Waals surface area contributed by atoms with Crippen molar-refractivity contribution in [3.8, 4) is 5.75 Å². The summed E-state index contributed by atoms with van der Waals surface area (Å²) in [6, 6.07) is -0.295. The Labute approximate surface area is 180 Å². The molecule has 11 heteroatoms. The molecule has 2 saturated carbocycles. The van der Waals surface area contributed by atoms with Crippen molar-refractivity contribution in [2.45, 2.75) is 56.3 Å². The van der Waals surface area contributed by atoms with Gasteiger partial charge in [-0.25, -0.2) is 18.0 Å². The van der Waals surface area contributed by atoms with Gasteiger partial charge in [0.25, 0.3) is 12.0 Å². The van der Waals surface area contributed by atoms with E-state index in [0.717, 1.165) is 0 Å². The molecule has 0 spiro atoms. The predicted octanol–water partition coefficient (Wildman–Crippen LogP) is 1.82. The highest BCUT2D eigenvalue weighted by atomic mass is 19.3. The Kier molecular flexibility index (Phi) is 4.82. The zero-order chi connectivity index (χ0) is 22.9. The third-order valence-corrected chi connectivity index (χ3v) is 6.92. The fraction of sp³-hybridized carbons (Fsp3) is 0.619. The van der Waals surface area contributed by atoms with E-state index in [4.69, 9.17) is 4.74 Å². The highest BCUT2D eigenvalue weighted by Crippen LogP contribution is 2.48. The smallest absolute Gasteiger partial charge is 0.329 e. The van der Waals surface area contributed by atoms with Crippen molar-refractivity contribution in [2.24, 2.45) is 5.92 Å². The van der Waals surface area contributed by atoms with Gasteiger partial charge < -0.3 is 19.8 Å². The molecule has 8 nitrogen and oxygen atoms in total. The molecule has 3 aliphatic rings. The van der Waals surface area contributed by atoms with Crippen molar-refractivity contribution in [1.29, 1.82) is 0 Å². The summed E-state index contributed by atoms with van der Waals surface area (Å²) in [5.41, 5.74) is -4.47. The van der Waals surface area contributed by atoms with Gasteiger partial charge in [0, 0.05) is 25.0 Å². The lowest BCUT2D eigenvalue weighted by Gasteiger charge is -2.27. The van der Waals surface area contributed by atoms with Crippen LogP contribution in [0, 0.1) is 11.7 Å². The second kappa shape index (κ2) is 7.24. The van der Waals surface area contributed by atoms with Gasteiger partial charge in [-0.2, -0.15) is 0 Å². The molecule has 3 N–H and O–H groups in total. The van der Waals surface area contributed by atoms with E-state index < -0.39 is 46.1 Å². The first-order valence-electron chi connectivity index (χ1n) is 10.7. The van der Waals surface area contributed by atoms with Crippen molar-refractivity contribution in [2.75, 3.05) is 25.1 Å². The molecule has 2 heterocycles. The molecule has 2 atom stereocenters. The van der Waals surface area contributed by atoms with Gasteiger partial charge in [-0.3, -0.25) is 14.3 Å². The van der Waals surface area contributed by atoms with E-state index >= 15 is 4.39 Å². The quantitative estimate of drug-likeness (QED) is 0.614. The second-order valence-electron chi connectivity index (χ2n) is 9.04. The molecule has 1 aliphatic heterocycles. The Morgan fingerprint density at radius 3 is 2.47 bits per heavy atom. The number of alkyl halides is 2. The predicted molar refractivity (Wildman–Crippen MR) is 109 cm³/mol. The minimum atomic E-state index is -3.30. The van der Waals surface area contributed by atoms with Gasteiger partial charge >= 0.3 is 5.69 Å². The summed E-state index contributed by atoms with van der Waals surface area (Å²) < 4.78 is 50.3. The first-order valence-corrected chi connectivity index (χ1v) is 10.7. The average Bonchev–Trinajstić information content (AvgIpc) is 3.66. The van der Waals surface area contributed by atoms with Gasteiger partial charge in [0.15, 0.2) is 11.6 Å². The number of hydrogen-bond donors (Lipinski definition) is 3. The molecule has 1 aromatic carbocycles. The van der Waals surface area contributed by atoms with Gasteiger partial charge in [0.1, 0.15) is 11.2 Å². The number of nitrogens with zero attached hydrogens (tertiary/aromatic N) is 2. The third kappa shape index (κ3) is 3.13. The van der Waals surface area contributed by atoms with Crippen LogP contribution in [0.3, 0.4) is 0 Å². The highest BCUT2D eigenvalue weighted by Gasteiger charge is 2.51. The van der Waals surface area contributed by atoms with Gasteiger partial charge in [-0.05, 0) is 32.1 Å². The fourth-order valence-electron chi connectivity index (χ4n) is 4.94. The number of fused-ring (bicyclic) bond motifs is 1. The van der Waals surface area contributed by atoms with Crippen LogP contribution in [0.1, 0.15) is 50.1 Å². The number of anilines is 1. The minimum Gasteiger partial charge on any atom is -0.492 e. The zero-order valence-corrected chi connectivity index (χ0v) is 17.4. The molecule has 2 unspecified atom stereocenters. The summed E-state index contributed by atoms with van der Waals surface area (Å²) >= 11 is 0. The van der Waals surface area contributed by atoms with Crippen LogP contribution in [0.5, 0.6) is 5.75 Å². The molecule has 5 rings (SSSR count).